The van der Waals surface area contributed by atoms with E-state index in [1.54, 1.807) is 0 Å². The molecule has 1 unspecified atom stereocenters. The van der Waals surface area contributed by atoms with Crippen LogP contribution in [0.15, 0.2) is 0 Å². The molecule has 1 rings (SSSR count). The molecule has 0 bridgehead atoms. The maximum Gasteiger partial charge on any atom is 0.0519 e. The second-order valence-electron chi connectivity index (χ2n) is 4.04. The highest BCUT2D eigenvalue weighted by atomic mass is 15.2. The number of rotatable bonds is 4. The molecule has 1 aliphatic heterocycles. The SMILES string of the molecule is CC[C@@H]1CC(N[C@H](C)N)CN1CC. The maximum atomic E-state index is 5.72. The molecular weight excluding hydrogens is 162 g/mol. The van der Waals surface area contributed by atoms with Gasteiger partial charge in [0.2, 0.25) is 0 Å². The summed E-state index contributed by atoms with van der Waals surface area (Å²) in [4.78, 5) is 2.54. The molecule has 0 aliphatic carbocycles. The quantitative estimate of drug-likeness (QED) is 0.635. The fourth-order valence-electron chi connectivity index (χ4n) is 2.29. The second kappa shape index (κ2) is 4.94. The van der Waals surface area contributed by atoms with Crippen LogP contribution in [0.25, 0.3) is 0 Å². The lowest BCUT2D eigenvalue weighted by Gasteiger charge is -2.20. The number of likely N-dealkylation sites (tertiary alicyclic amines) is 1. The molecule has 3 nitrogen and oxygen atoms in total. The van der Waals surface area contributed by atoms with Crippen LogP contribution in [-0.4, -0.2) is 36.2 Å². The fourth-order valence-corrected chi connectivity index (χ4v) is 2.29. The van der Waals surface area contributed by atoms with Gasteiger partial charge in [-0.15, -0.1) is 0 Å². The molecule has 0 amide bonds. The Morgan fingerprint density at radius 2 is 2.23 bits per heavy atom. The monoisotopic (exact) mass is 185 g/mol. The van der Waals surface area contributed by atoms with Crippen molar-refractivity contribution in [1.29, 1.82) is 0 Å². The average Bonchev–Trinajstić information content (AvgIpc) is 2.45. The summed E-state index contributed by atoms with van der Waals surface area (Å²) in [5, 5.41) is 3.41. The third-order valence-electron chi connectivity index (χ3n) is 2.90. The van der Waals surface area contributed by atoms with Crippen molar-refractivity contribution in [3.63, 3.8) is 0 Å². The minimum atomic E-state index is 0.124. The second-order valence-corrected chi connectivity index (χ2v) is 4.04. The average molecular weight is 185 g/mol. The van der Waals surface area contributed by atoms with Gasteiger partial charge in [-0.25, -0.2) is 0 Å². The number of likely N-dealkylation sites (N-methyl/N-ethyl adjacent to an activating group) is 1. The number of nitrogens with zero attached hydrogens (tertiary/aromatic N) is 1. The Hall–Kier alpha value is -0.120. The molecule has 13 heavy (non-hydrogen) atoms. The molecule has 0 aromatic heterocycles. The zero-order valence-corrected chi connectivity index (χ0v) is 9.09. The van der Waals surface area contributed by atoms with Crippen LogP contribution in [0, 0.1) is 0 Å². The first-order valence-corrected chi connectivity index (χ1v) is 5.43. The van der Waals surface area contributed by atoms with E-state index >= 15 is 0 Å². The Labute approximate surface area is 81.7 Å². The molecular formula is C10H23N3. The third kappa shape index (κ3) is 2.93. The van der Waals surface area contributed by atoms with Crippen molar-refractivity contribution in [2.75, 3.05) is 13.1 Å². The van der Waals surface area contributed by atoms with Crippen molar-refractivity contribution in [2.24, 2.45) is 5.73 Å². The largest absolute Gasteiger partial charge is 0.316 e. The predicted molar refractivity (Wildman–Crippen MR) is 56.5 cm³/mol. The molecule has 0 radical (unpaired) electrons. The lowest BCUT2D eigenvalue weighted by molar-refractivity contribution is 0.259. The van der Waals surface area contributed by atoms with Gasteiger partial charge in [0.05, 0.1) is 6.17 Å². The van der Waals surface area contributed by atoms with E-state index in [-0.39, 0.29) is 6.17 Å². The maximum absolute atomic E-state index is 5.72. The first-order valence-electron chi connectivity index (χ1n) is 5.43. The zero-order valence-electron chi connectivity index (χ0n) is 9.09. The highest BCUT2D eigenvalue weighted by Gasteiger charge is 2.29. The lowest BCUT2D eigenvalue weighted by atomic mass is 10.1. The summed E-state index contributed by atoms with van der Waals surface area (Å²) >= 11 is 0. The van der Waals surface area contributed by atoms with Crippen molar-refractivity contribution in [1.82, 2.24) is 10.2 Å². The Bertz CT molecular complexity index is 135. The lowest BCUT2D eigenvalue weighted by Crippen LogP contribution is -2.43. The summed E-state index contributed by atoms with van der Waals surface area (Å²) in [6.45, 7) is 8.83. The molecule has 3 heteroatoms. The van der Waals surface area contributed by atoms with E-state index in [1.165, 1.54) is 12.8 Å². The van der Waals surface area contributed by atoms with Gasteiger partial charge in [-0.2, -0.15) is 0 Å². The topological polar surface area (TPSA) is 41.3 Å². The van der Waals surface area contributed by atoms with Crippen LogP contribution in [0.2, 0.25) is 0 Å². The Morgan fingerprint density at radius 1 is 1.54 bits per heavy atom. The van der Waals surface area contributed by atoms with Crippen LogP contribution in [0.3, 0.4) is 0 Å². The highest BCUT2D eigenvalue weighted by molar-refractivity contribution is 4.88. The van der Waals surface area contributed by atoms with E-state index < -0.39 is 0 Å². The van der Waals surface area contributed by atoms with E-state index in [0.29, 0.717) is 6.04 Å². The van der Waals surface area contributed by atoms with Gasteiger partial charge in [0, 0.05) is 18.6 Å². The smallest absolute Gasteiger partial charge is 0.0519 e. The van der Waals surface area contributed by atoms with Crippen LogP contribution in [0.1, 0.15) is 33.6 Å². The van der Waals surface area contributed by atoms with Gasteiger partial charge in [-0.1, -0.05) is 13.8 Å². The summed E-state index contributed by atoms with van der Waals surface area (Å²) in [5.74, 6) is 0. The Kier molecular flexibility index (Phi) is 4.16. The van der Waals surface area contributed by atoms with Gasteiger partial charge in [0.25, 0.3) is 0 Å². The molecule has 1 heterocycles. The number of hydrogen-bond donors (Lipinski definition) is 2. The molecule has 3 atom stereocenters. The first-order chi connectivity index (χ1) is 6.17. The third-order valence-corrected chi connectivity index (χ3v) is 2.90. The van der Waals surface area contributed by atoms with E-state index in [9.17, 15) is 0 Å². The van der Waals surface area contributed by atoms with Crippen LogP contribution < -0.4 is 11.1 Å². The minimum absolute atomic E-state index is 0.124. The molecule has 78 valence electrons. The summed E-state index contributed by atoms with van der Waals surface area (Å²) in [6, 6.07) is 1.37. The predicted octanol–water partition coefficient (Wildman–Crippen LogP) is 0.754. The van der Waals surface area contributed by atoms with Crippen molar-refractivity contribution >= 4 is 0 Å². The summed E-state index contributed by atoms with van der Waals surface area (Å²) in [7, 11) is 0. The van der Waals surface area contributed by atoms with Crippen molar-refractivity contribution in [3.05, 3.63) is 0 Å². The summed E-state index contributed by atoms with van der Waals surface area (Å²) in [5.41, 5.74) is 5.72. The first kappa shape index (κ1) is 11.0. The fraction of sp³-hybridized carbons (Fsp3) is 1.00. The van der Waals surface area contributed by atoms with Crippen LogP contribution in [0.5, 0.6) is 0 Å². The van der Waals surface area contributed by atoms with Gasteiger partial charge in [-0.3, -0.25) is 10.2 Å². The molecule has 0 aromatic rings. The molecule has 0 aromatic carbocycles. The Balaban J connectivity index is 2.38. The molecule has 0 saturated carbocycles. The summed E-state index contributed by atoms with van der Waals surface area (Å²) in [6.07, 6.45) is 2.64. The standard InChI is InChI=1S/C10H23N3/c1-4-10-6-9(12-8(3)11)7-13(10)5-2/h8-10,12H,4-7,11H2,1-3H3/t8-,9?,10-/m1/s1. The molecule has 3 N–H and O–H groups in total. The summed E-state index contributed by atoms with van der Waals surface area (Å²) < 4.78 is 0. The van der Waals surface area contributed by atoms with Crippen molar-refractivity contribution in [3.8, 4) is 0 Å². The Morgan fingerprint density at radius 3 is 2.62 bits per heavy atom. The van der Waals surface area contributed by atoms with Gasteiger partial charge in [-0.05, 0) is 26.3 Å². The molecule has 0 spiro atoms. The molecule has 1 fully saturated rings. The highest BCUT2D eigenvalue weighted by Crippen LogP contribution is 2.19. The van der Waals surface area contributed by atoms with Gasteiger partial charge in [0.1, 0.15) is 0 Å². The van der Waals surface area contributed by atoms with Crippen molar-refractivity contribution in [2.45, 2.75) is 51.9 Å². The van der Waals surface area contributed by atoms with E-state index in [4.69, 9.17) is 5.73 Å². The van der Waals surface area contributed by atoms with Gasteiger partial charge >= 0.3 is 0 Å². The van der Waals surface area contributed by atoms with E-state index in [1.807, 2.05) is 6.92 Å². The number of nitrogens with one attached hydrogen (secondary N) is 1. The van der Waals surface area contributed by atoms with Crippen molar-refractivity contribution < 1.29 is 0 Å². The minimum Gasteiger partial charge on any atom is -0.316 e. The number of hydrogen-bond acceptors (Lipinski definition) is 3. The number of nitrogens with two attached hydrogens (primary N) is 1. The van der Waals surface area contributed by atoms with E-state index in [2.05, 4.69) is 24.1 Å². The molecule has 1 saturated heterocycles. The van der Waals surface area contributed by atoms with Crippen LogP contribution in [0.4, 0.5) is 0 Å². The zero-order chi connectivity index (χ0) is 9.84. The van der Waals surface area contributed by atoms with Gasteiger partial charge < -0.3 is 5.73 Å². The van der Waals surface area contributed by atoms with E-state index in [0.717, 1.165) is 19.1 Å². The normalized spacial score (nSPS) is 32.3. The van der Waals surface area contributed by atoms with Gasteiger partial charge in [0.15, 0.2) is 0 Å². The van der Waals surface area contributed by atoms with Crippen LogP contribution >= 0.6 is 0 Å². The molecule has 1 aliphatic rings. The van der Waals surface area contributed by atoms with Crippen LogP contribution in [-0.2, 0) is 0 Å².